The van der Waals surface area contributed by atoms with Crippen molar-refractivity contribution in [1.29, 1.82) is 0 Å². The highest BCUT2D eigenvalue weighted by molar-refractivity contribution is 5.91. The Kier molecular flexibility index (Phi) is 4.90. The molecular weight excluding hydrogens is 319 g/mol. The van der Waals surface area contributed by atoms with Crippen molar-refractivity contribution < 1.29 is 18.7 Å². The molecule has 0 heterocycles. The lowest BCUT2D eigenvalue weighted by Crippen LogP contribution is -2.08. The number of carbonyl (C=O) groups excluding carboxylic acids is 1. The number of halogens is 1. The van der Waals surface area contributed by atoms with Crippen LogP contribution in [0.4, 0.5) is 4.39 Å². The van der Waals surface area contributed by atoms with Gasteiger partial charge in [-0.2, -0.15) is 0 Å². The highest BCUT2D eigenvalue weighted by Gasteiger charge is 2.09. The number of hydrogen-bond acceptors (Lipinski definition) is 3. The molecule has 0 amide bonds. The van der Waals surface area contributed by atoms with Crippen LogP contribution in [0.25, 0.3) is 11.1 Å². The molecule has 0 aliphatic carbocycles. The molecule has 0 aromatic heterocycles. The zero-order valence-electron chi connectivity index (χ0n) is 13.3. The maximum Gasteiger partial charge on any atom is 0.343 e. The van der Waals surface area contributed by atoms with E-state index in [9.17, 15) is 9.18 Å². The summed E-state index contributed by atoms with van der Waals surface area (Å²) in [7, 11) is 0. The summed E-state index contributed by atoms with van der Waals surface area (Å²) < 4.78 is 23.4. The van der Waals surface area contributed by atoms with Gasteiger partial charge in [0.15, 0.2) is 0 Å². The lowest BCUT2D eigenvalue weighted by atomic mass is 10.1. The minimum atomic E-state index is -0.459. The SMILES string of the molecule is C=COc1ccc(C(=O)Oc2ccc(-c3ccc(F)cc3)cc2)cc1. The number of benzene rings is 3. The first-order valence-corrected chi connectivity index (χ1v) is 7.61. The van der Waals surface area contributed by atoms with Gasteiger partial charge in [-0.05, 0) is 59.7 Å². The monoisotopic (exact) mass is 334 g/mol. The van der Waals surface area contributed by atoms with Gasteiger partial charge in [0.2, 0.25) is 0 Å². The Labute approximate surface area is 145 Å². The molecule has 3 aromatic carbocycles. The molecule has 0 aliphatic heterocycles. The molecule has 0 bridgehead atoms. The van der Waals surface area contributed by atoms with E-state index >= 15 is 0 Å². The smallest absolute Gasteiger partial charge is 0.343 e. The third-order valence-electron chi connectivity index (χ3n) is 3.55. The molecule has 0 spiro atoms. The van der Waals surface area contributed by atoms with Crippen molar-refractivity contribution in [3.8, 4) is 22.6 Å². The summed E-state index contributed by atoms with van der Waals surface area (Å²) in [5.74, 6) is 0.288. The predicted molar refractivity (Wildman–Crippen MR) is 94.1 cm³/mol. The lowest BCUT2D eigenvalue weighted by molar-refractivity contribution is 0.0735. The third kappa shape index (κ3) is 4.12. The topological polar surface area (TPSA) is 35.5 Å². The summed E-state index contributed by atoms with van der Waals surface area (Å²) in [6.45, 7) is 3.47. The fourth-order valence-corrected chi connectivity index (χ4v) is 2.29. The van der Waals surface area contributed by atoms with Gasteiger partial charge in [-0.15, -0.1) is 0 Å². The molecule has 0 unspecified atom stereocenters. The molecule has 0 N–H and O–H groups in total. The van der Waals surface area contributed by atoms with E-state index in [1.165, 1.54) is 18.4 Å². The molecule has 0 saturated carbocycles. The van der Waals surface area contributed by atoms with Crippen LogP contribution in [0.1, 0.15) is 10.4 Å². The fraction of sp³-hybridized carbons (Fsp3) is 0. The van der Waals surface area contributed by atoms with Crippen LogP contribution in [0.15, 0.2) is 85.6 Å². The van der Waals surface area contributed by atoms with Gasteiger partial charge in [0.05, 0.1) is 11.8 Å². The number of ether oxygens (including phenoxy) is 2. The van der Waals surface area contributed by atoms with Crippen LogP contribution in [0, 0.1) is 5.82 Å². The molecule has 25 heavy (non-hydrogen) atoms. The maximum absolute atomic E-state index is 13.0. The largest absolute Gasteiger partial charge is 0.466 e. The summed E-state index contributed by atoms with van der Waals surface area (Å²) in [6.07, 6.45) is 1.32. The van der Waals surface area contributed by atoms with E-state index in [4.69, 9.17) is 9.47 Å². The van der Waals surface area contributed by atoms with Crippen LogP contribution in [0.2, 0.25) is 0 Å². The summed E-state index contributed by atoms with van der Waals surface area (Å²) >= 11 is 0. The van der Waals surface area contributed by atoms with E-state index in [-0.39, 0.29) is 5.82 Å². The molecule has 3 nitrogen and oxygen atoms in total. The van der Waals surface area contributed by atoms with Crippen molar-refractivity contribution in [3.63, 3.8) is 0 Å². The molecule has 124 valence electrons. The first kappa shape index (κ1) is 16.5. The minimum absolute atomic E-state index is 0.279. The van der Waals surface area contributed by atoms with Gasteiger partial charge in [-0.1, -0.05) is 30.8 Å². The zero-order valence-corrected chi connectivity index (χ0v) is 13.3. The van der Waals surface area contributed by atoms with Crippen molar-refractivity contribution in [1.82, 2.24) is 0 Å². The lowest BCUT2D eigenvalue weighted by Gasteiger charge is -2.07. The third-order valence-corrected chi connectivity index (χ3v) is 3.55. The second-order valence-electron chi connectivity index (χ2n) is 5.23. The fourth-order valence-electron chi connectivity index (χ4n) is 2.29. The minimum Gasteiger partial charge on any atom is -0.466 e. The quantitative estimate of drug-likeness (QED) is 0.364. The summed E-state index contributed by atoms with van der Waals surface area (Å²) in [5, 5.41) is 0. The average molecular weight is 334 g/mol. The van der Waals surface area contributed by atoms with Gasteiger partial charge in [0, 0.05) is 0 Å². The standard InChI is InChI=1S/C21H15FO3/c1-2-24-19-11-7-17(8-12-19)21(23)25-20-13-5-16(6-14-20)15-3-9-18(22)10-4-15/h2-14H,1H2. The molecule has 3 rings (SSSR count). The van der Waals surface area contributed by atoms with E-state index in [1.807, 2.05) is 12.1 Å². The first-order valence-electron chi connectivity index (χ1n) is 7.61. The Morgan fingerprint density at radius 2 is 1.32 bits per heavy atom. The molecule has 0 atom stereocenters. The Hall–Kier alpha value is -3.40. The van der Waals surface area contributed by atoms with Gasteiger partial charge in [-0.3, -0.25) is 0 Å². The van der Waals surface area contributed by atoms with E-state index in [1.54, 1.807) is 48.5 Å². The number of hydrogen-bond donors (Lipinski definition) is 0. The molecule has 4 heteroatoms. The van der Waals surface area contributed by atoms with Crippen LogP contribution in [-0.2, 0) is 0 Å². The highest BCUT2D eigenvalue weighted by Crippen LogP contribution is 2.23. The van der Waals surface area contributed by atoms with Crippen molar-refractivity contribution in [2.75, 3.05) is 0 Å². The van der Waals surface area contributed by atoms with Crippen molar-refractivity contribution in [3.05, 3.63) is 97.0 Å². The summed E-state index contributed by atoms with van der Waals surface area (Å²) in [4.78, 5) is 12.2. The summed E-state index contributed by atoms with van der Waals surface area (Å²) in [5.41, 5.74) is 2.21. The molecule has 0 aliphatic rings. The van der Waals surface area contributed by atoms with Crippen molar-refractivity contribution >= 4 is 5.97 Å². The molecule has 3 aromatic rings. The number of rotatable bonds is 5. The van der Waals surface area contributed by atoms with Crippen LogP contribution in [-0.4, -0.2) is 5.97 Å². The van der Waals surface area contributed by atoms with Crippen LogP contribution < -0.4 is 9.47 Å². The molecule has 0 fully saturated rings. The van der Waals surface area contributed by atoms with Crippen LogP contribution in [0.3, 0.4) is 0 Å². The van der Waals surface area contributed by atoms with E-state index in [0.717, 1.165) is 11.1 Å². The Morgan fingerprint density at radius 1 is 0.800 bits per heavy atom. The van der Waals surface area contributed by atoms with Crippen LogP contribution in [0.5, 0.6) is 11.5 Å². The van der Waals surface area contributed by atoms with Gasteiger partial charge in [0.1, 0.15) is 17.3 Å². The summed E-state index contributed by atoms with van der Waals surface area (Å²) in [6, 6.07) is 19.8. The normalized spacial score (nSPS) is 10.1. The van der Waals surface area contributed by atoms with E-state index in [2.05, 4.69) is 6.58 Å². The number of esters is 1. The maximum atomic E-state index is 13.0. The molecule has 0 saturated heterocycles. The predicted octanol–water partition coefficient (Wildman–Crippen LogP) is 5.23. The van der Waals surface area contributed by atoms with Gasteiger partial charge in [-0.25, -0.2) is 9.18 Å². The van der Waals surface area contributed by atoms with Gasteiger partial charge >= 0.3 is 5.97 Å². The first-order chi connectivity index (χ1) is 12.2. The highest BCUT2D eigenvalue weighted by atomic mass is 19.1. The zero-order chi connectivity index (χ0) is 17.6. The van der Waals surface area contributed by atoms with Gasteiger partial charge in [0.25, 0.3) is 0 Å². The Balaban J connectivity index is 1.69. The molecule has 0 radical (unpaired) electrons. The van der Waals surface area contributed by atoms with E-state index < -0.39 is 5.97 Å². The van der Waals surface area contributed by atoms with Crippen LogP contribution >= 0.6 is 0 Å². The second kappa shape index (κ2) is 7.45. The molecular formula is C21H15FO3. The van der Waals surface area contributed by atoms with Gasteiger partial charge < -0.3 is 9.47 Å². The van der Waals surface area contributed by atoms with E-state index in [0.29, 0.717) is 17.1 Å². The second-order valence-corrected chi connectivity index (χ2v) is 5.23. The Bertz CT molecular complexity index is 867. The van der Waals surface area contributed by atoms with Crippen molar-refractivity contribution in [2.45, 2.75) is 0 Å². The number of carbonyl (C=O) groups is 1. The average Bonchev–Trinajstić information content (AvgIpc) is 2.64. The van der Waals surface area contributed by atoms with Crippen molar-refractivity contribution in [2.24, 2.45) is 0 Å². The Morgan fingerprint density at radius 3 is 1.88 bits per heavy atom.